The summed E-state index contributed by atoms with van der Waals surface area (Å²) in [4.78, 5) is 27.9. The smallest absolute Gasteiger partial charge is 0.255 e. The maximum Gasteiger partial charge on any atom is 0.255 e. The summed E-state index contributed by atoms with van der Waals surface area (Å²) >= 11 is 0. The fourth-order valence-corrected chi connectivity index (χ4v) is 4.97. The van der Waals surface area contributed by atoms with Crippen LogP contribution in [0.3, 0.4) is 0 Å². The highest BCUT2D eigenvalue weighted by atomic mass is 19.1. The van der Waals surface area contributed by atoms with Gasteiger partial charge in [-0.1, -0.05) is 49.4 Å². The first-order valence-electron chi connectivity index (χ1n) is 12.9. The molecule has 6 nitrogen and oxygen atoms in total. The third-order valence-corrected chi connectivity index (χ3v) is 6.90. The first-order chi connectivity index (χ1) is 18.3. The Balaban J connectivity index is 1.52. The lowest BCUT2D eigenvalue weighted by Crippen LogP contribution is -2.51. The molecule has 0 saturated carbocycles. The molecule has 3 N–H and O–H groups in total. The van der Waals surface area contributed by atoms with Gasteiger partial charge < -0.3 is 20.6 Å². The number of aryl methyl sites for hydroxylation is 1. The molecule has 0 bridgehead atoms. The Kier molecular flexibility index (Phi) is 8.86. The lowest BCUT2D eigenvalue weighted by Gasteiger charge is -2.29. The minimum absolute atomic E-state index is 0.00300. The van der Waals surface area contributed by atoms with Gasteiger partial charge in [0.1, 0.15) is 17.7 Å². The Bertz CT molecular complexity index is 1280. The van der Waals surface area contributed by atoms with Gasteiger partial charge >= 0.3 is 0 Å². The van der Waals surface area contributed by atoms with E-state index in [2.05, 4.69) is 23.6 Å². The Morgan fingerprint density at radius 2 is 1.68 bits per heavy atom. The van der Waals surface area contributed by atoms with Crippen LogP contribution in [0, 0.1) is 11.6 Å². The number of hydrogen-bond donors (Lipinski definition) is 3. The second-order valence-corrected chi connectivity index (χ2v) is 9.55. The topological polar surface area (TPSA) is 81.7 Å². The second-order valence-electron chi connectivity index (χ2n) is 9.55. The number of hydrogen-bond acceptors (Lipinski definition) is 4. The van der Waals surface area contributed by atoms with E-state index in [1.807, 2.05) is 18.2 Å². The number of benzene rings is 3. The van der Waals surface area contributed by atoms with Crippen LogP contribution >= 0.6 is 0 Å². The molecule has 0 fully saturated rings. The van der Waals surface area contributed by atoms with E-state index in [9.17, 15) is 23.5 Å². The van der Waals surface area contributed by atoms with E-state index in [0.717, 1.165) is 18.1 Å². The van der Waals surface area contributed by atoms with Crippen molar-refractivity contribution in [2.45, 2.75) is 51.4 Å². The Hall–Kier alpha value is -3.62. The predicted molar refractivity (Wildman–Crippen MR) is 141 cm³/mol. The molecule has 3 aromatic rings. The molecule has 0 radical (unpaired) electrons. The van der Waals surface area contributed by atoms with E-state index in [1.54, 1.807) is 31.2 Å². The van der Waals surface area contributed by atoms with E-state index in [1.165, 1.54) is 22.6 Å². The minimum atomic E-state index is -1.07. The van der Waals surface area contributed by atoms with Gasteiger partial charge in [-0.25, -0.2) is 8.78 Å². The zero-order valence-corrected chi connectivity index (χ0v) is 21.6. The maximum absolute atomic E-state index is 13.9. The van der Waals surface area contributed by atoms with Crippen molar-refractivity contribution in [2.24, 2.45) is 0 Å². The second kappa shape index (κ2) is 12.3. The quantitative estimate of drug-likeness (QED) is 0.357. The number of nitrogens with zero attached hydrogens (tertiary/aromatic N) is 1. The monoisotopic (exact) mass is 521 g/mol. The number of likely N-dealkylation sites (N-methyl/N-ethyl adjacent to an activating group) is 1. The summed E-state index contributed by atoms with van der Waals surface area (Å²) in [5.41, 5.74) is 3.63. The fourth-order valence-electron chi connectivity index (χ4n) is 4.97. The molecule has 0 spiro atoms. The minimum Gasteiger partial charge on any atom is -0.390 e. The normalized spacial score (nSPS) is 16.3. The number of aliphatic hydroxyl groups is 1. The fraction of sp³-hybridized carbons (Fsp3) is 0.333. The average Bonchev–Trinajstić information content (AvgIpc) is 3.19. The van der Waals surface area contributed by atoms with Crippen LogP contribution in [-0.2, 0) is 24.2 Å². The zero-order chi connectivity index (χ0) is 27.2. The summed E-state index contributed by atoms with van der Waals surface area (Å²) in [5.74, 6) is -2.16. The first kappa shape index (κ1) is 27.4. The van der Waals surface area contributed by atoms with Crippen molar-refractivity contribution in [3.8, 4) is 0 Å². The van der Waals surface area contributed by atoms with Crippen LogP contribution in [0.25, 0.3) is 0 Å². The highest BCUT2D eigenvalue weighted by Crippen LogP contribution is 2.33. The van der Waals surface area contributed by atoms with Crippen molar-refractivity contribution in [3.63, 3.8) is 0 Å². The summed E-state index contributed by atoms with van der Waals surface area (Å²) in [6.07, 6.45) is -0.151. The maximum atomic E-state index is 13.9. The molecule has 0 aliphatic carbocycles. The van der Waals surface area contributed by atoms with Crippen molar-refractivity contribution in [1.29, 1.82) is 0 Å². The van der Waals surface area contributed by atoms with E-state index in [-0.39, 0.29) is 18.9 Å². The number of amides is 2. The third-order valence-electron chi connectivity index (χ3n) is 6.90. The number of aliphatic hydroxyl groups excluding tert-OH is 1. The van der Waals surface area contributed by atoms with Crippen molar-refractivity contribution in [1.82, 2.24) is 15.5 Å². The molecule has 0 aromatic heterocycles. The molecule has 0 saturated heterocycles. The van der Waals surface area contributed by atoms with Gasteiger partial charge in [-0.15, -0.1) is 0 Å². The molecule has 200 valence electrons. The molecular formula is C30H33F2N3O3. The number of rotatable bonds is 11. The van der Waals surface area contributed by atoms with Crippen molar-refractivity contribution in [3.05, 3.63) is 106 Å². The van der Waals surface area contributed by atoms with Crippen LogP contribution in [0.5, 0.6) is 0 Å². The van der Waals surface area contributed by atoms with Crippen LogP contribution in [-0.4, -0.2) is 47.1 Å². The Labute approximate surface area is 221 Å². The van der Waals surface area contributed by atoms with Crippen LogP contribution in [0.4, 0.5) is 8.78 Å². The van der Waals surface area contributed by atoms with E-state index in [0.29, 0.717) is 29.8 Å². The summed E-state index contributed by atoms with van der Waals surface area (Å²) in [6.45, 7) is 4.84. The molecule has 3 aromatic carbocycles. The lowest BCUT2D eigenvalue weighted by molar-refractivity contribution is -0.127. The summed E-state index contributed by atoms with van der Waals surface area (Å²) < 4.78 is 27.8. The van der Waals surface area contributed by atoms with Gasteiger partial charge in [0.25, 0.3) is 5.91 Å². The summed E-state index contributed by atoms with van der Waals surface area (Å²) in [6, 6.07) is 16.5. The van der Waals surface area contributed by atoms with Gasteiger partial charge in [0.05, 0.1) is 12.1 Å². The number of fused-ring (bicyclic) bond motifs is 1. The lowest BCUT2D eigenvalue weighted by atomic mass is 9.98. The average molecular weight is 522 g/mol. The molecule has 2 amide bonds. The molecule has 1 unspecified atom stereocenters. The van der Waals surface area contributed by atoms with Gasteiger partial charge in [-0.3, -0.25) is 9.59 Å². The predicted octanol–water partition coefficient (Wildman–Crippen LogP) is 3.92. The number of halogens is 2. The van der Waals surface area contributed by atoms with Crippen LogP contribution in [0.1, 0.15) is 52.5 Å². The first-order valence-corrected chi connectivity index (χ1v) is 12.9. The number of nitrogens with one attached hydrogen (secondary N) is 2. The highest BCUT2D eigenvalue weighted by Gasteiger charge is 2.41. The third kappa shape index (κ3) is 6.26. The largest absolute Gasteiger partial charge is 0.390 e. The van der Waals surface area contributed by atoms with Gasteiger partial charge in [0.2, 0.25) is 5.91 Å². The Morgan fingerprint density at radius 1 is 0.974 bits per heavy atom. The van der Waals surface area contributed by atoms with Crippen molar-refractivity contribution >= 4 is 11.8 Å². The van der Waals surface area contributed by atoms with Crippen molar-refractivity contribution < 1.29 is 23.5 Å². The standard InChI is InChI=1S/C30H33F2N3O3/c1-3-19-8-7-9-20(12-19)17-33-18-27(36)26(15-21-13-22(31)16-23(32)14-21)34-29(37)28-24-10-5-6-11-25(24)30(38)35(28)4-2/h5-14,16,26-28,33,36H,3-4,15,17-18H2,1-2H3,(H,34,37)/t26-,27+,28?/m0/s1. The Morgan fingerprint density at radius 3 is 2.39 bits per heavy atom. The molecule has 8 heteroatoms. The van der Waals surface area contributed by atoms with Gasteiger partial charge in [-0.05, 0) is 60.2 Å². The molecule has 1 heterocycles. The zero-order valence-electron chi connectivity index (χ0n) is 21.6. The summed E-state index contributed by atoms with van der Waals surface area (Å²) in [5, 5.41) is 17.2. The van der Waals surface area contributed by atoms with Crippen LogP contribution in [0.2, 0.25) is 0 Å². The molecular weight excluding hydrogens is 488 g/mol. The van der Waals surface area contributed by atoms with Crippen LogP contribution in [0.15, 0.2) is 66.7 Å². The molecule has 4 rings (SSSR count). The molecule has 1 aliphatic heterocycles. The van der Waals surface area contributed by atoms with Crippen LogP contribution < -0.4 is 10.6 Å². The van der Waals surface area contributed by atoms with Gasteiger partial charge in [0, 0.05) is 31.3 Å². The van der Waals surface area contributed by atoms with E-state index >= 15 is 0 Å². The number of carbonyl (C=O) groups is 2. The summed E-state index contributed by atoms with van der Waals surface area (Å²) in [7, 11) is 0. The molecule has 3 atom stereocenters. The highest BCUT2D eigenvalue weighted by molar-refractivity contribution is 6.04. The van der Waals surface area contributed by atoms with Gasteiger partial charge in [0.15, 0.2) is 0 Å². The van der Waals surface area contributed by atoms with E-state index < -0.39 is 35.7 Å². The van der Waals surface area contributed by atoms with E-state index in [4.69, 9.17) is 0 Å². The van der Waals surface area contributed by atoms with Crippen molar-refractivity contribution in [2.75, 3.05) is 13.1 Å². The van der Waals surface area contributed by atoms with Gasteiger partial charge in [-0.2, -0.15) is 0 Å². The molecule has 1 aliphatic rings. The molecule has 38 heavy (non-hydrogen) atoms. The number of carbonyl (C=O) groups excluding carboxylic acids is 2. The SMILES string of the molecule is CCc1cccc(CNC[C@@H](O)[C@H](Cc2cc(F)cc(F)c2)NC(=O)C2c3ccccc3C(=O)N2CC)c1.